The van der Waals surface area contributed by atoms with Crippen molar-refractivity contribution in [2.24, 2.45) is 17.4 Å². The maximum absolute atomic E-state index is 11.6. The van der Waals surface area contributed by atoms with E-state index in [1.165, 1.54) is 0 Å². The number of ether oxygens (including phenoxy) is 1. The van der Waals surface area contributed by atoms with Crippen LogP contribution in [-0.2, 0) is 16.1 Å². The first-order valence-electron chi connectivity index (χ1n) is 6.00. The maximum atomic E-state index is 11.6. The molecule has 20 heavy (non-hydrogen) atoms. The second-order valence-electron chi connectivity index (χ2n) is 4.26. The van der Waals surface area contributed by atoms with Crippen LogP contribution in [0.25, 0.3) is 0 Å². The summed E-state index contributed by atoms with van der Waals surface area (Å²) >= 11 is 0. The molecule has 0 bridgehead atoms. The minimum Gasteiger partial charge on any atom is -0.484 e. The first kappa shape index (κ1) is 18.2. The van der Waals surface area contributed by atoms with E-state index in [0.29, 0.717) is 18.8 Å². The zero-order valence-electron chi connectivity index (χ0n) is 11.3. The van der Waals surface area contributed by atoms with E-state index in [4.69, 9.17) is 16.2 Å². The number of carbonyl (C=O) groups is 2. The third-order valence-electron chi connectivity index (χ3n) is 2.55. The van der Waals surface area contributed by atoms with Crippen LogP contribution >= 0.6 is 12.4 Å². The van der Waals surface area contributed by atoms with Crippen LogP contribution in [0.2, 0.25) is 0 Å². The van der Waals surface area contributed by atoms with Gasteiger partial charge in [-0.3, -0.25) is 9.59 Å². The monoisotopic (exact) mass is 301 g/mol. The minimum atomic E-state index is -0.532. The summed E-state index contributed by atoms with van der Waals surface area (Å²) in [7, 11) is 0. The number of carbonyl (C=O) groups excluding carboxylic acids is 2. The fourth-order valence-electron chi connectivity index (χ4n) is 1.37. The molecule has 0 saturated carbocycles. The van der Waals surface area contributed by atoms with E-state index in [0.717, 1.165) is 5.56 Å². The fraction of sp³-hybridized carbons (Fsp3) is 0.385. The average molecular weight is 302 g/mol. The van der Waals surface area contributed by atoms with E-state index in [2.05, 4.69) is 5.32 Å². The van der Waals surface area contributed by atoms with Gasteiger partial charge in [-0.2, -0.15) is 0 Å². The van der Waals surface area contributed by atoms with Gasteiger partial charge in [-0.05, 0) is 17.7 Å². The van der Waals surface area contributed by atoms with Gasteiger partial charge in [0.25, 0.3) is 5.91 Å². The molecule has 0 spiro atoms. The summed E-state index contributed by atoms with van der Waals surface area (Å²) in [5.41, 5.74) is 11.3. The molecule has 0 fully saturated rings. The number of amides is 2. The summed E-state index contributed by atoms with van der Waals surface area (Å²) in [5, 5.41) is 2.78. The molecule has 0 heterocycles. The summed E-state index contributed by atoms with van der Waals surface area (Å²) < 4.78 is 5.18. The Balaban J connectivity index is 0.00000361. The van der Waals surface area contributed by atoms with Crippen LogP contribution in [0.3, 0.4) is 0 Å². The van der Waals surface area contributed by atoms with Crippen molar-refractivity contribution in [1.29, 1.82) is 0 Å². The van der Waals surface area contributed by atoms with Crippen LogP contribution in [0.5, 0.6) is 5.75 Å². The lowest BCUT2D eigenvalue weighted by atomic mass is 10.1. The van der Waals surface area contributed by atoms with Crippen LogP contribution in [0.4, 0.5) is 0 Å². The SMILES string of the molecule is CC(CN)C(=O)NCc1cccc(OCC(N)=O)c1.Cl. The minimum absolute atomic E-state index is 0. The highest BCUT2D eigenvalue weighted by Gasteiger charge is 2.09. The molecule has 0 aliphatic carbocycles. The molecule has 5 N–H and O–H groups in total. The zero-order valence-corrected chi connectivity index (χ0v) is 12.1. The van der Waals surface area contributed by atoms with E-state index < -0.39 is 5.91 Å². The molecule has 1 atom stereocenters. The highest BCUT2D eigenvalue weighted by molar-refractivity contribution is 5.85. The molecule has 1 aromatic rings. The van der Waals surface area contributed by atoms with Crippen LogP contribution in [0.15, 0.2) is 24.3 Å². The Morgan fingerprint density at radius 2 is 2.10 bits per heavy atom. The van der Waals surface area contributed by atoms with Crippen LogP contribution < -0.4 is 21.5 Å². The predicted octanol–water partition coefficient (Wildman–Crippen LogP) is 0.184. The molecule has 112 valence electrons. The Kier molecular flexibility index (Phi) is 8.35. The Morgan fingerprint density at radius 1 is 1.40 bits per heavy atom. The summed E-state index contributed by atoms with van der Waals surface area (Å²) in [6.45, 7) is 2.30. The topological polar surface area (TPSA) is 107 Å². The van der Waals surface area contributed by atoms with Gasteiger partial charge in [0.1, 0.15) is 5.75 Å². The number of nitrogens with two attached hydrogens (primary N) is 2. The highest BCUT2D eigenvalue weighted by atomic mass is 35.5. The largest absolute Gasteiger partial charge is 0.484 e. The molecule has 0 aromatic heterocycles. The van der Waals surface area contributed by atoms with Crippen molar-refractivity contribution < 1.29 is 14.3 Å². The van der Waals surface area contributed by atoms with Gasteiger partial charge in [-0.15, -0.1) is 12.4 Å². The van der Waals surface area contributed by atoms with Crippen molar-refractivity contribution in [3.63, 3.8) is 0 Å². The number of nitrogens with one attached hydrogen (secondary N) is 1. The van der Waals surface area contributed by atoms with Gasteiger partial charge in [0.2, 0.25) is 5.91 Å². The van der Waals surface area contributed by atoms with Gasteiger partial charge in [-0.1, -0.05) is 19.1 Å². The number of benzene rings is 1. The summed E-state index contributed by atoms with van der Waals surface area (Å²) in [6.07, 6.45) is 0. The molecule has 0 aliphatic rings. The maximum Gasteiger partial charge on any atom is 0.255 e. The Morgan fingerprint density at radius 3 is 2.70 bits per heavy atom. The van der Waals surface area contributed by atoms with Crippen molar-refractivity contribution in [2.45, 2.75) is 13.5 Å². The van der Waals surface area contributed by atoms with E-state index in [9.17, 15) is 9.59 Å². The normalized spacial score (nSPS) is 11.1. The third-order valence-corrected chi connectivity index (χ3v) is 2.55. The number of halogens is 1. The van der Waals surface area contributed by atoms with E-state index in [1.54, 1.807) is 25.1 Å². The first-order valence-corrected chi connectivity index (χ1v) is 6.00. The number of primary amides is 1. The second kappa shape index (κ2) is 9.17. The average Bonchev–Trinajstić information content (AvgIpc) is 2.42. The number of hydrogen-bond donors (Lipinski definition) is 3. The van der Waals surface area contributed by atoms with E-state index in [-0.39, 0.29) is 30.8 Å². The molecular weight excluding hydrogens is 282 g/mol. The van der Waals surface area contributed by atoms with Crippen LogP contribution in [-0.4, -0.2) is 25.0 Å². The molecule has 1 aromatic carbocycles. The predicted molar refractivity (Wildman–Crippen MR) is 78.4 cm³/mol. The highest BCUT2D eigenvalue weighted by Crippen LogP contribution is 2.13. The van der Waals surface area contributed by atoms with Gasteiger partial charge in [-0.25, -0.2) is 0 Å². The van der Waals surface area contributed by atoms with Gasteiger partial charge >= 0.3 is 0 Å². The standard InChI is InChI=1S/C13H19N3O3.ClH/c1-9(6-14)13(18)16-7-10-3-2-4-11(5-10)19-8-12(15)17;/h2-5,9H,6-8,14H2,1H3,(H2,15,17)(H,16,18);1H. The summed E-state index contributed by atoms with van der Waals surface area (Å²) in [5.74, 6) is -0.298. The summed E-state index contributed by atoms with van der Waals surface area (Å²) in [6, 6.07) is 7.10. The first-order chi connectivity index (χ1) is 9.02. The lowest BCUT2D eigenvalue weighted by Gasteiger charge is -2.11. The molecule has 0 radical (unpaired) electrons. The van der Waals surface area contributed by atoms with E-state index >= 15 is 0 Å². The van der Waals surface area contributed by atoms with Crippen molar-refractivity contribution in [2.75, 3.05) is 13.2 Å². The molecule has 1 unspecified atom stereocenters. The quantitative estimate of drug-likeness (QED) is 0.668. The summed E-state index contributed by atoms with van der Waals surface area (Å²) in [4.78, 5) is 22.2. The molecule has 0 saturated heterocycles. The fourth-order valence-corrected chi connectivity index (χ4v) is 1.37. The van der Waals surface area contributed by atoms with Gasteiger partial charge in [0, 0.05) is 19.0 Å². The molecular formula is C13H20ClN3O3. The Labute approximate surface area is 124 Å². The Bertz CT molecular complexity index is 454. The van der Waals surface area contributed by atoms with Gasteiger partial charge in [0.05, 0.1) is 0 Å². The zero-order chi connectivity index (χ0) is 14.3. The van der Waals surface area contributed by atoms with Crippen molar-refractivity contribution in [1.82, 2.24) is 5.32 Å². The molecule has 6 nitrogen and oxygen atoms in total. The van der Waals surface area contributed by atoms with Gasteiger partial charge < -0.3 is 21.5 Å². The Hall–Kier alpha value is -1.79. The second-order valence-corrected chi connectivity index (χ2v) is 4.26. The van der Waals surface area contributed by atoms with Crippen molar-refractivity contribution in [3.8, 4) is 5.75 Å². The molecule has 2 amide bonds. The molecule has 1 rings (SSSR count). The van der Waals surface area contributed by atoms with Crippen molar-refractivity contribution >= 4 is 24.2 Å². The van der Waals surface area contributed by atoms with E-state index in [1.807, 2.05) is 6.07 Å². The van der Waals surface area contributed by atoms with Gasteiger partial charge in [0.15, 0.2) is 6.61 Å². The number of rotatable bonds is 7. The lowest BCUT2D eigenvalue weighted by Crippen LogP contribution is -2.32. The molecule has 0 aliphatic heterocycles. The smallest absolute Gasteiger partial charge is 0.255 e. The van der Waals surface area contributed by atoms with Crippen LogP contribution in [0.1, 0.15) is 12.5 Å². The third kappa shape index (κ3) is 6.40. The molecule has 7 heteroatoms. The number of hydrogen-bond acceptors (Lipinski definition) is 4. The lowest BCUT2D eigenvalue weighted by molar-refractivity contribution is -0.124. The van der Waals surface area contributed by atoms with Crippen LogP contribution in [0, 0.1) is 5.92 Å². The van der Waals surface area contributed by atoms with Crippen molar-refractivity contribution in [3.05, 3.63) is 29.8 Å².